The molecule has 0 unspecified atom stereocenters. The van der Waals surface area contributed by atoms with Crippen LogP contribution in [-0.4, -0.2) is 25.9 Å². The maximum absolute atomic E-state index is 12.8. The Morgan fingerprint density at radius 3 is 2.27 bits per heavy atom. The van der Waals surface area contributed by atoms with Crippen molar-refractivity contribution in [2.45, 2.75) is 26.7 Å². The van der Waals surface area contributed by atoms with Gasteiger partial charge in [-0.1, -0.05) is 31.1 Å². The highest BCUT2D eigenvalue weighted by Crippen LogP contribution is 2.31. The van der Waals surface area contributed by atoms with Gasteiger partial charge >= 0.3 is 0 Å². The summed E-state index contributed by atoms with van der Waals surface area (Å²) in [7, 11) is 0. The van der Waals surface area contributed by atoms with Crippen LogP contribution >= 0.6 is 0 Å². The summed E-state index contributed by atoms with van der Waals surface area (Å²) in [6.07, 6.45) is 0. The Kier molecular flexibility index (Phi) is 5.54. The molecule has 0 aliphatic rings. The summed E-state index contributed by atoms with van der Waals surface area (Å²) in [5, 5.41) is 28.7. The number of amides is 1. The molecule has 30 heavy (non-hydrogen) atoms. The molecule has 3 rings (SSSR count). The van der Waals surface area contributed by atoms with Crippen LogP contribution in [0.4, 0.5) is 17.1 Å². The molecule has 0 saturated heterocycles. The lowest BCUT2D eigenvalue weighted by Crippen LogP contribution is -2.14. The minimum atomic E-state index is -0.797. The van der Waals surface area contributed by atoms with E-state index in [2.05, 4.69) is 15.5 Å². The van der Waals surface area contributed by atoms with Gasteiger partial charge in [0.1, 0.15) is 0 Å². The Bertz CT molecular complexity index is 1120. The molecule has 1 aromatic heterocycles. The molecular weight excluding hydrogens is 394 g/mol. The van der Waals surface area contributed by atoms with Gasteiger partial charge in [-0.3, -0.25) is 25.0 Å². The van der Waals surface area contributed by atoms with E-state index in [4.69, 9.17) is 4.52 Å². The van der Waals surface area contributed by atoms with Crippen LogP contribution < -0.4 is 5.32 Å². The van der Waals surface area contributed by atoms with E-state index in [-0.39, 0.29) is 17.4 Å². The van der Waals surface area contributed by atoms with Gasteiger partial charge in [-0.2, -0.15) is 4.98 Å². The van der Waals surface area contributed by atoms with E-state index >= 15 is 0 Å². The van der Waals surface area contributed by atoms with Gasteiger partial charge in [-0.25, -0.2) is 0 Å². The zero-order valence-corrected chi connectivity index (χ0v) is 16.3. The van der Waals surface area contributed by atoms with Gasteiger partial charge in [0.25, 0.3) is 23.2 Å². The molecule has 11 heteroatoms. The Morgan fingerprint density at radius 1 is 1.10 bits per heavy atom. The monoisotopic (exact) mass is 411 g/mol. The summed E-state index contributed by atoms with van der Waals surface area (Å²) in [4.78, 5) is 37.7. The fraction of sp³-hybridized carbons (Fsp3) is 0.211. The minimum absolute atomic E-state index is 0.0377. The number of hydrogen-bond acceptors (Lipinski definition) is 8. The van der Waals surface area contributed by atoms with Gasteiger partial charge < -0.3 is 9.84 Å². The second kappa shape index (κ2) is 8.07. The minimum Gasteiger partial charge on any atom is -0.334 e. The molecule has 3 aromatic rings. The molecule has 0 aliphatic heterocycles. The third-order valence-electron chi connectivity index (χ3n) is 4.29. The number of carbonyl (C=O) groups excluding carboxylic acids is 1. The highest BCUT2D eigenvalue weighted by atomic mass is 16.6. The molecule has 154 valence electrons. The van der Waals surface area contributed by atoms with Gasteiger partial charge in [0.2, 0.25) is 0 Å². The third-order valence-corrected chi connectivity index (χ3v) is 4.29. The predicted molar refractivity (Wildman–Crippen MR) is 106 cm³/mol. The van der Waals surface area contributed by atoms with E-state index in [1.165, 1.54) is 0 Å². The van der Waals surface area contributed by atoms with Crippen LogP contribution in [0, 0.1) is 27.2 Å². The zero-order chi connectivity index (χ0) is 22.0. The van der Waals surface area contributed by atoms with Crippen LogP contribution in [0.3, 0.4) is 0 Å². The highest BCUT2D eigenvalue weighted by molar-refractivity contribution is 6.07. The van der Waals surface area contributed by atoms with Crippen LogP contribution in [0.25, 0.3) is 11.5 Å². The van der Waals surface area contributed by atoms with Gasteiger partial charge in [0, 0.05) is 18.1 Å². The molecule has 1 amide bonds. The highest BCUT2D eigenvalue weighted by Gasteiger charge is 2.22. The summed E-state index contributed by atoms with van der Waals surface area (Å²) in [6.45, 7) is 5.56. The number of carbonyl (C=O) groups is 1. The smallest absolute Gasteiger partial charge is 0.277 e. The van der Waals surface area contributed by atoms with Crippen molar-refractivity contribution in [3.8, 4) is 11.5 Å². The first-order valence-corrected chi connectivity index (χ1v) is 8.86. The van der Waals surface area contributed by atoms with Gasteiger partial charge in [-0.05, 0) is 18.6 Å². The van der Waals surface area contributed by atoms with E-state index in [0.29, 0.717) is 22.6 Å². The summed E-state index contributed by atoms with van der Waals surface area (Å²) in [5.74, 6) is -0.0162. The molecule has 0 fully saturated rings. The van der Waals surface area contributed by atoms with Crippen molar-refractivity contribution < 1.29 is 19.2 Å². The van der Waals surface area contributed by atoms with Gasteiger partial charge in [0.15, 0.2) is 5.82 Å². The van der Waals surface area contributed by atoms with Gasteiger partial charge in [-0.15, -0.1) is 0 Å². The van der Waals surface area contributed by atoms with Crippen molar-refractivity contribution >= 4 is 23.0 Å². The molecule has 0 radical (unpaired) electrons. The Labute approximate surface area is 170 Å². The van der Waals surface area contributed by atoms with Crippen molar-refractivity contribution in [3.05, 3.63) is 73.6 Å². The number of nitrogens with zero attached hydrogens (tertiary/aromatic N) is 4. The van der Waals surface area contributed by atoms with Crippen molar-refractivity contribution in [2.75, 3.05) is 5.32 Å². The Hall–Kier alpha value is -4.15. The fourth-order valence-corrected chi connectivity index (χ4v) is 2.71. The number of aromatic nitrogens is 2. The van der Waals surface area contributed by atoms with Crippen molar-refractivity contribution in [3.63, 3.8) is 0 Å². The van der Waals surface area contributed by atoms with E-state index in [0.717, 1.165) is 18.2 Å². The van der Waals surface area contributed by atoms with Gasteiger partial charge in [0.05, 0.1) is 32.7 Å². The second-order valence-corrected chi connectivity index (χ2v) is 6.82. The zero-order valence-electron chi connectivity index (χ0n) is 16.3. The number of anilines is 1. The van der Waals surface area contributed by atoms with E-state index < -0.39 is 27.1 Å². The molecule has 0 saturated carbocycles. The topological polar surface area (TPSA) is 154 Å². The van der Waals surface area contributed by atoms with Crippen LogP contribution in [0.15, 0.2) is 40.9 Å². The lowest BCUT2D eigenvalue weighted by Gasteiger charge is -2.12. The number of nitro benzene ring substituents is 2. The first kappa shape index (κ1) is 20.6. The molecule has 0 bridgehead atoms. The van der Waals surface area contributed by atoms with Crippen LogP contribution in [0.5, 0.6) is 0 Å². The van der Waals surface area contributed by atoms with Crippen LogP contribution in [0.2, 0.25) is 0 Å². The predicted octanol–water partition coefficient (Wildman–Crippen LogP) is 4.24. The number of hydrogen-bond donors (Lipinski definition) is 1. The average Bonchev–Trinajstić information content (AvgIpc) is 3.19. The lowest BCUT2D eigenvalue weighted by molar-refractivity contribution is -0.394. The first-order valence-electron chi connectivity index (χ1n) is 8.86. The third kappa shape index (κ3) is 4.14. The molecule has 1 heterocycles. The van der Waals surface area contributed by atoms with Crippen molar-refractivity contribution in [1.29, 1.82) is 0 Å². The lowest BCUT2D eigenvalue weighted by atomic mass is 10.1. The standard InChI is InChI=1S/C19H17N5O6/c1-10(2)17-21-19(30-22-17)15-6-4-5-11(3)16(15)20-18(25)12-7-13(23(26)27)9-14(8-12)24(28)29/h4-10H,1-3H3,(H,20,25). The molecule has 0 spiro atoms. The first-order chi connectivity index (χ1) is 14.2. The summed E-state index contributed by atoms with van der Waals surface area (Å²) in [5.41, 5.74) is 0.151. The Balaban J connectivity index is 2.02. The molecule has 0 atom stereocenters. The molecular formula is C19H17N5O6. The number of nitrogens with one attached hydrogen (secondary N) is 1. The van der Waals surface area contributed by atoms with E-state index in [9.17, 15) is 25.0 Å². The molecule has 2 aromatic carbocycles. The molecule has 1 N–H and O–H groups in total. The number of non-ortho nitro benzene ring substituents is 2. The summed E-state index contributed by atoms with van der Waals surface area (Å²) >= 11 is 0. The number of benzene rings is 2. The summed E-state index contributed by atoms with van der Waals surface area (Å²) in [6, 6.07) is 7.91. The molecule has 11 nitrogen and oxygen atoms in total. The number of rotatable bonds is 6. The largest absolute Gasteiger partial charge is 0.334 e. The fourth-order valence-electron chi connectivity index (χ4n) is 2.71. The quantitative estimate of drug-likeness (QED) is 0.466. The molecule has 0 aliphatic carbocycles. The second-order valence-electron chi connectivity index (χ2n) is 6.82. The average molecular weight is 411 g/mol. The maximum atomic E-state index is 12.8. The number of nitro groups is 2. The Morgan fingerprint density at radius 2 is 1.73 bits per heavy atom. The summed E-state index contributed by atoms with van der Waals surface area (Å²) < 4.78 is 5.31. The maximum Gasteiger partial charge on any atom is 0.277 e. The number of aryl methyl sites for hydroxylation is 1. The van der Waals surface area contributed by atoms with E-state index in [1.54, 1.807) is 25.1 Å². The van der Waals surface area contributed by atoms with Crippen molar-refractivity contribution in [2.24, 2.45) is 0 Å². The van der Waals surface area contributed by atoms with Crippen LogP contribution in [0.1, 0.15) is 41.5 Å². The normalized spacial score (nSPS) is 10.8. The van der Waals surface area contributed by atoms with Crippen LogP contribution in [-0.2, 0) is 0 Å². The SMILES string of the molecule is Cc1cccc(-c2nc(C(C)C)no2)c1NC(=O)c1cc([N+](=O)[O-])cc([N+](=O)[O-])c1. The van der Waals surface area contributed by atoms with Crippen molar-refractivity contribution in [1.82, 2.24) is 10.1 Å². The number of para-hydroxylation sites is 1. The van der Waals surface area contributed by atoms with E-state index in [1.807, 2.05) is 13.8 Å².